The molecule has 0 saturated carbocycles. The second kappa shape index (κ2) is 10.2. The van der Waals surface area contributed by atoms with Crippen LogP contribution in [0.1, 0.15) is 50.9 Å². The molecule has 144 valence electrons. The van der Waals surface area contributed by atoms with E-state index in [0.29, 0.717) is 0 Å². The third-order valence-electron chi connectivity index (χ3n) is 4.95. The summed E-state index contributed by atoms with van der Waals surface area (Å²) < 4.78 is 0. The van der Waals surface area contributed by atoms with Gasteiger partial charge in [0.2, 0.25) is 0 Å². The van der Waals surface area contributed by atoms with Crippen molar-refractivity contribution in [3.05, 3.63) is 29.8 Å². The number of amides is 1. The number of halogens is 2. The molecule has 0 spiro atoms. The van der Waals surface area contributed by atoms with Crippen molar-refractivity contribution < 1.29 is 4.79 Å². The van der Waals surface area contributed by atoms with Gasteiger partial charge in [0.1, 0.15) is 0 Å². The summed E-state index contributed by atoms with van der Waals surface area (Å²) in [6, 6.07) is 8.20. The number of benzene rings is 1. The van der Waals surface area contributed by atoms with Crippen LogP contribution in [0.5, 0.6) is 0 Å². The minimum Gasteiger partial charge on any atom is -0.372 e. The maximum absolute atomic E-state index is 12.7. The first kappa shape index (κ1) is 24.0. The van der Waals surface area contributed by atoms with E-state index in [1.807, 2.05) is 17.0 Å². The van der Waals surface area contributed by atoms with Gasteiger partial charge in [-0.25, -0.2) is 0 Å². The maximum Gasteiger partial charge on any atom is 0.253 e. The Morgan fingerprint density at radius 1 is 1.24 bits per heavy atom. The van der Waals surface area contributed by atoms with Crippen LogP contribution in [-0.4, -0.2) is 43.0 Å². The summed E-state index contributed by atoms with van der Waals surface area (Å²) in [5, 5.41) is 0. The van der Waals surface area contributed by atoms with Crippen LogP contribution >= 0.6 is 24.8 Å². The predicted molar refractivity (Wildman–Crippen MR) is 111 cm³/mol. The number of likely N-dealkylation sites (tertiary alicyclic amines) is 1. The van der Waals surface area contributed by atoms with Crippen molar-refractivity contribution in [2.75, 3.05) is 31.1 Å². The van der Waals surface area contributed by atoms with E-state index < -0.39 is 0 Å². The van der Waals surface area contributed by atoms with Crippen LogP contribution in [0.25, 0.3) is 0 Å². The topological polar surface area (TPSA) is 49.6 Å². The molecule has 1 aliphatic heterocycles. The zero-order valence-electron chi connectivity index (χ0n) is 15.8. The molecular formula is C19H33Cl2N3O. The number of hydrogen-bond acceptors (Lipinski definition) is 3. The fraction of sp³-hybridized carbons (Fsp3) is 0.632. The molecule has 1 aromatic carbocycles. The van der Waals surface area contributed by atoms with Gasteiger partial charge >= 0.3 is 0 Å². The highest BCUT2D eigenvalue weighted by atomic mass is 35.5. The summed E-state index contributed by atoms with van der Waals surface area (Å²) >= 11 is 0. The van der Waals surface area contributed by atoms with Gasteiger partial charge in [0.15, 0.2) is 0 Å². The number of piperidine rings is 1. The van der Waals surface area contributed by atoms with Gasteiger partial charge in [-0.1, -0.05) is 20.8 Å². The molecule has 6 heteroatoms. The number of nitrogens with zero attached hydrogens (tertiary/aromatic N) is 2. The Morgan fingerprint density at radius 2 is 1.84 bits per heavy atom. The Labute approximate surface area is 164 Å². The molecule has 1 heterocycles. The van der Waals surface area contributed by atoms with Gasteiger partial charge in [0.05, 0.1) is 0 Å². The second-order valence-electron chi connectivity index (χ2n) is 7.24. The minimum absolute atomic E-state index is 0. The Bertz CT molecular complexity index is 534. The predicted octanol–water partition coefficient (Wildman–Crippen LogP) is 3.97. The van der Waals surface area contributed by atoms with Gasteiger partial charge in [-0.05, 0) is 49.4 Å². The van der Waals surface area contributed by atoms with E-state index in [1.54, 1.807) is 0 Å². The molecule has 2 rings (SSSR count). The fourth-order valence-electron chi connectivity index (χ4n) is 3.28. The van der Waals surface area contributed by atoms with Crippen molar-refractivity contribution in [2.45, 2.75) is 46.6 Å². The van der Waals surface area contributed by atoms with Crippen molar-refractivity contribution >= 4 is 36.4 Å². The molecule has 1 fully saturated rings. The molecule has 0 bridgehead atoms. The molecule has 1 saturated heterocycles. The molecule has 1 amide bonds. The monoisotopic (exact) mass is 389 g/mol. The summed E-state index contributed by atoms with van der Waals surface area (Å²) in [6.45, 7) is 12.1. The summed E-state index contributed by atoms with van der Waals surface area (Å²) in [7, 11) is 0. The minimum atomic E-state index is -0.0199. The lowest BCUT2D eigenvalue weighted by Gasteiger charge is -2.42. The van der Waals surface area contributed by atoms with Crippen LogP contribution < -0.4 is 10.6 Å². The maximum atomic E-state index is 12.7. The summed E-state index contributed by atoms with van der Waals surface area (Å²) in [4.78, 5) is 17.0. The molecule has 1 aromatic rings. The van der Waals surface area contributed by atoms with Crippen molar-refractivity contribution in [3.8, 4) is 0 Å². The average molecular weight is 390 g/mol. The zero-order valence-corrected chi connectivity index (χ0v) is 17.5. The first-order chi connectivity index (χ1) is 10.9. The summed E-state index contributed by atoms with van der Waals surface area (Å²) in [6.07, 6.45) is 1.99. The highest BCUT2D eigenvalue weighted by Crippen LogP contribution is 2.28. The number of anilines is 1. The van der Waals surface area contributed by atoms with Gasteiger partial charge in [-0.2, -0.15) is 0 Å². The normalized spacial score (nSPS) is 18.8. The standard InChI is InChI=1S/C19H31N3O.2ClH/c1-5-12-21(6-2)16-9-7-15(8-10-16)18(23)22-13-11-17(20)19(3,4)14-22;;/h7-10,17H,5-6,11-14,20H2,1-4H3;2*1H. The number of rotatable bonds is 5. The number of hydrogen-bond donors (Lipinski definition) is 1. The second-order valence-corrected chi connectivity index (χ2v) is 7.24. The Morgan fingerprint density at radius 3 is 2.32 bits per heavy atom. The van der Waals surface area contributed by atoms with Crippen molar-refractivity contribution in [3.63, 3.8) is 0 Å². The summed E-state index contributed by atoms with van der Waals surface area (Å²) in [5.74, 6) is 0.120. The number of nitrogens with two attached hydrogens (primary N) is 1. The third kappa shape index (κ3) is 5.77. The molecule has 0 aliphatic carbocycles. The van der Waals surface area contributed by atoms with Crippen LogP contribution in [0, 0.1) is 5.41 Å². The smallest absolute Gasteiger partial charge is 0.253 e. The number of carbonyl (C=O) groups is 1. The van der Waals surface area contributed by atoms with E-state index in [2.05, 4.69) is 44.7 Å². The third-order valence-corrected chi connectivity index (χ3v) is 4.95. The van der Waals surface area contributed by atoms with E-state index in [9.17, 15) is 4.79 Å². The first-order valence-corrected chi connectivity index (χ1v) is 8.79. The van der Waals surface area contributed by atoms with Crippen molar-refractivity contribution in [1.82, 2.24) is 4.90 Å². The highest BCUT2D eigenvalue weighted by molar-refractivity contribution is 5.94. The quantitative estimate of drug-likeness (QED) is 0.828. The molecule has 25 heavy (non-hydrogen) atoms. The Kier molecular flexibility index (Phi) is 9.85. The fourth-order valence-corrected chi connectivity index (χ4v) is 3.28. The van der Waals surface area contributed by atoms with Crippen LogP contribution in [0.15, 0.2) is 24.3 Å². The first-order valence-electron chi connectivity index (χ1n) is 8.79. The largest absolute Gasteiger partial charge is 0.372 e. The number of carbonyl (C=O) groups excluding carboxylic acids is 1. The molecule has 1 unspecified atom stereocenters. The lowest BCUT2D eigenvalue weighted by Crippen LogP contribution is -2.53. The van der Waals surface area contributed by atoms with E-state index in [4.69, 9.17) is 5.73 Å². The van der Waals surface area contributed by atoms with Crippen LogP contribution in [0.4, 0.5) is 5.69 Å². The van der Waals surface area contributed by atoms with Crippen molar-refractivity contribution in [2.24, 2.45) is 11.1 Å². The highest BCUT2D eigenvalue weighted by Gasteiger charge is 2.35. The van der Waals surface area contributed by atoms with E-state index >= 15 is 0 Å². The van der Waals surface area contributed by atoms with Gasteiger partial charge in [0, 0.05) is 43.5 Å². The average Bonchev–Trinajstić information content (AvgIpc) is 2.54. The van der Waals surface area contributed by atoms with Crippen molar-refractivity contribution in [1.29, 1.82) is 0 Å². The Hall–Kier alpha value is -0.970. The van der Waals surface area contributed by atoms with E-state index in [0.717, 1.165) is 44.6 Å². The molecule has 0 aromatic heterocycles. The molecule has 1 aliphatic rings. The summed E-state index contributed by atoms with van der Waals surface area (Å²) in [5.41, 5.74) is 8.10. The zero-order chi connectivity index (χ0) is 17.0. The van der Waals surface area contributed by atoms with Gasteiger partial charge in [-0.15, -0.1) is 24.8 Å². The van der Waals surface area contributed by atoms with Crippen LogP contribution in [0.3, 0.4) is 0 Å². The van der Waals surface area contributed by atoms with E-state index in [-0.39, 0.29) is 42.2 Å². The van der Waals surface area contributed by atoms with Gasteiger partial charge < -0.3 is 15.5 Å². The molecule has 2 N–H and O–H groups in total. The molecule has 4 nitrogen and oxygen atoms in total. The molecular weight excluding hydrogens is 357 g/mol. The Balaban J connectivity index is 0.00000288. The van der Waals surface area contributed by atoms with Crippen LogP contribution in [-0.2, 0) is 0 Å². The molecule has 0 radical (unpaired) electrons. The lowest BCUT2D eigenvalue weighted by molar-refractivity contribution is 0.0533. The van der Waals surface area contributed by atoms with Gasteiger partial charge in [-0.3, -0.25) is 4.79 Å². The van der Waals surface area contributed by atoms with E-state index in [1.165, 1.54) is 5.69 Å². The van der Waals surface area contributed by atoms with Gasteiger partial charge in [0.25, 0.3) is 5.91 Å². The SMILES string of the molecule is CCCN(CC)c1ccc(C(=O)N2CCC(N)C(C)(C)C2)cc1.Cl.Cl. The van der Waals surface area contributed by atoms with Crippen LogP contribution in [0.2, 0.25) is 0 Å². The lowest BCUT2D eigenvalue weighted by atomic mass is 9.79. The molecule has 1 atom stereocenters.